The molecule has 0 aromatic carbocycles. The minimum absolute atomic E-state index is 0.0877. The fourth-order valence-corrected chi connectivity index (χ4v) is 0.286. The summed E-state index contributed by atoms with van der Waals surface area (Å²) in [5, 5.41) is 8.30. The largest absolute Gasteiger partial charge is 0.396 e. The number of hydrogen-bond acceptors (Lipinski definition) is 2. The first-order chi connectivity index (χ1) is 4.56. The van der Waals surface area contributed by atoms with E-state index in [0.29, 0.717) is 12.8 Å². The SMILES string of the molecule is [2H]C([2H])([2H])OCCCCO. The molecule has 2 nitrogen and oxygen atoms in total. The fourth-order valence-electron chi connectivity index (χ4n) is 0.286. The van der Waals surface area contributed by atoms with Crippen LogP contribution in [-0.2, 0) is 4.74 Å². The molecule has 2 heteroatoms. The molecule has 0 bridgehead atoms. The molecule has 0 saturated carbocycles. The van der Waals surface area contributed by atoms with Crippen molar-refractivity contribution in [3.05, 3.63) is 0 Å². The summed E-state index contributed by atoms with van der Waals surface area (Å²) in [7, 11) is -2.28. The summed E-state index contributed by atoms with van der Waals surface area (Å²) in [5.74, 6) is 0. The van der Waals surface area contributed by atoms with Crippen molar-refractivity contribution in [2.75, 3.05) is 20.3 Å². The Morgan fingerprint density at radius 1 is 1.71 bits per heavy atom. The van der Waals surface area contributed by atoms with Gasteiger partial charge in [0.25, 0.3) is 0 Å². The highest BCUT2D eigenvalue weighted by molar-refractivity contribution is 4.32. The van der Waals surface area contributed by atoms with Gasteiger partial charge in [-0.15, -0.1) is 0 Å². The monoisotopic (exact) mass is 107 g/mol. The predicted octanol–water partition coefficient (Wildman–Crippen LogP) is 0.405. The van der Waals surface area contributed by atoms with Crippen LogP contribution in [0.25, 0.3) is 0 Å². The number of aliphatic hydroxyl groups excluding tert-OH is 1. The van der Waals surface area contributed by atoms with Crippen molar-refractivity contribution in [2.24, 2.45) is 0 Å². The zero-order valence-electron chi connectivity index (χ0n) is 7.18. The van der Waals surface area contributed by atoms with Crippen molar-refractivity contribution >= 4 is 0 Å². The van der Waals surface area contributed by atoms with E-state index in [0.717, 1.165) is 0 Å². The van der Waals surface area contributed by atoms with Gasteiger partial charge in [-0.05, 0) is 12.8 Å². The van der Waals surface area contributed by atoms with Crippen LogP contribution < -0.4 is 0 Å². The molecular weight excluding hydrogens is 92.1 g/mol. The highest BCUT2D eigenvalue weighted by Gasteiger charge is 1.80. The van der Waals surface area contributed by atoms with E-state index in [1.807, 2.05) is 0 Å². The first-order valence-corrected chi connectivity index (χ1v) is 2.31. The molecule has 0 fully saturated rings. The lowest BCUT2D eigenvalue weighted by Crippen LogP contribution is -1.89. The molecule has 0 saturated heterocycles. The van der Waals surface area contributed by atoms with Crippen LogP contribution >= 0.6 is 0 Å². The van der Waals surface area contributed by atoms with E-state index in [4.69, 9.17) is 9.22 Å². The average molecular weight is 107 g/mol. The van der Waals surface area contributed by atoms with Crippen LogP contribution in [0.2, 0.25) is 0 Å². The number of rotatable bonds is 4. The number of unbranched alkanes of at least 4 members (excludes halogenated alkanes) is 1. The van der Waals surface area contributed by atoms with Crippen molar-refractivity contribution in [2.45, 2.75) is 12.8 Å². The minimum Gasteiger partial charge on any atom is -0.396 e. The zero-order chi connectivity index (χ0) is 8.04. The molecule has 0 aromatic heterocycles. The molecule has 0 aliphatic carbocycles. The van der Waals surface area contributed by atoms with Crippen molar-refractivity contribution in [1.82, 2.24) is 0 Å². The molecule has 0 heterocycles. The molecule has 0 atom stereocenters. The lowest BCUT2D eigenvalue weighted by atomic mass is 10.3. The fraction of sp³-hybridized carbons (Fsp3) is 1.00. The Hall–Kier alpha value is -0.0800. The molecule has 0 radical (unpaired) electrons. The zero-order valence-corrected chi connectivity index (χ0v) is 4.18. The normalized spacial score (nSPS) is 17.6. The van der Waals surface area contributed by atoms with Crippen LogP contribution in [0.15, 0.2) is 0 Å². The van der Waals surface area contributed by atoms with Gasteiger partial charge in [0.15, 0.2) is 0 Å². The number of ether oxygens (including phenoxy) is 1. The van der Waals surface area contributed by atoms with Gasteiger partial charge in [-0.1, -0.05) is 0 Å². The average Bonchev–Trinajstić information content (AvgIpc) is 1.78. The first-order valence-electron chi connectivity index (χ1n) is 3.81. The predicted molar refractivity (Wildman–Crippen MR) is 28.2 cm³/mol. The summed E-state index contributed by atoms with van der Waals surface area (Å²) in [5.41, 5.74) is 0. The molecule has 0 rings (SSSR count). The maximum atomic E-state index is 8.30. The van der Waals surface area contributed by atoms with Crippen LogP contribution in [0, 0.1) is 0 Å². The summed E-state index contributed by atoms with van der Waals surface area (Å²) in [6.45, 7) is 0.279. The van der Waals surface area contributed by atoms with Crippen molar-refractivity contribution in [3.63, 3.8) is 0 Å². The van der Waals surface area contributed by atoms with Crippen LogP contribution in [0.4, 0.5) is 0 Å². The smallest absolute Gasteiger partial charge is 0.0530 e. The molecule has 1 N–H and O–H groups in total. The van der Waals surface area contributed by atoms with Crippen LogP contribution in [0.5, 0.6) is 0 Å². The van der Waals surface area contributed by atoms with Gasteiger partial charge in [-0.2, -0.15) is 0 Å². The van der Waals surface area contributed by atoms with Gasteiger partial charge in [-0.3, -0.25) is 0 Å². The van der Waals surface area contributed by atoms with Crippen molar-refractivity contribution in [1.29, 1.82) is 0 Å². The Labute approximate surface area is 48.3 Å². The number of methoxy groups -OCH3 is 1. The third kappa shape index (κ3) is 5.92. The molecule has 0 aliphatic heterocycles. The summed E-state index contributed by atoms with van der Waals surface area (Å²) >= 11 is 0. The molecule has 0 unspecified atom stereocenters. The highest BCUT2D eigenvalue weighted by Crippen LogP contribution is 1.84. The van der Waals surface area contributed by atoms with E-state index in [-0.39, 0.29) is 13.2 Å². The van der Waals surface area contributed by atoms with E-state index in [2.05, 4.69) is 4.74 Å². The van der Waals surface area contributed by atoms with Gasteiger partial charge in [0.05, 0.1) is 4.11 Å². The Morgan fingerprint density at radius 2 is 2.57 bits per heavy atom. The molecule has 0 spiro atoms. The summed E-state index contributed by atoms with van der Waals surface area (Å²) in [6, 6.07) is 0. The third-order valence-electron chi connectivity index (χ3n) is 0.655. The summed E-state index contributed by atoms with van der Waals surface area (Å²) in [6.07, 6.45) is 1.19. The summed E-state index contributed by atoms with van der Waals surface area (Å²) in [4.78, 5) is 0. The highest BCUT2D eigenvalue weighted by atomic mass is 16.5. The van der Waals surface area contributed by atoms with E-state index >= 15 is 0 Å². The standard InChI is InChI=1S/C5H12O2/c1-7-5-3-2-4-6/h6H,2-5H2,1H3/i1D3. The van der Waals surface area contributed by atoms with E-state index in [1.54, 1.807) is 0 Å². The molecule has 0 aliphatic rings. The Bertz CT molecular complexity index is 81.5. The Morgan fingerprint density at radius 3 is 3.14 bits per heavy atom. The van der Waals surface area contributed by atoms with Gasteiger partial charge < -0.3 is 9.84 Å². The Balaban J connectivity index is 3.04. The maximum absolute atomic E-state index is 8.30. The van der Waals surface area contributed by atoms with E-state index < -0.39 is 7.04 Å². The van der Waals surface area contributed by atoms with Gasteiger partial charge in [0, 0.05) is 20.3 Å². The number of hydrogen-bond donors (Lipinski definition) is 1. The van der Waals surface area contributed by atoms with Crippen molar-refractivity contribution < 1.29 is 14.0 Å². The quantitative estimate of drug-likeness (QED) is 0.527. The van der Waals surface area contributed by atoms with Gasteiger partial charge >= 0.3 is 0 Å². The minimum atomic E-state index is -2.28. The number of aliphatic hydroxyl groups is 1. The second kappa shape index (κ2) is 5.92. The van der Waals surface area contributed by atoms with Crippen LogP contribution in [0.3, 0.4) is 0 Å². The lowest BCUT2D eigenvalue weighted by molar-refractivity contribution is 0.181. The molecule has 44 valence electrons. The molecule has 7 heavy (non-hydrogen) atoms. The summed E-state index contributed by atoms with van der Waals surface area (Å²) < 4.78 is 24.3. The topological polar surface area (TPSA) is 29.5 Å². The first kappa shape index (κ1) is 3.05. The third-order valence-corrected chi connectivity index (χ3v) is 0.655. The molecular formula is C5H12O2. The van der Waals surface area contributed by atoms with Gasteiger partial charge in [0.2, 0.25) is 0 Å². The lowest BCUT2D eigenvalue weighted by Gasteiger charge is -1.92. The molecule has 0 amide bonds. The van der Waals surface area contributed by atoms with Crippen LogP contribution in [-0.4, -0.2) is 25.4 Å². The van der Waals surface area contributed by atoms with Gasteiger partial charge in [-0.25, -0.2) is 0 Å². The van der Waals surface area contributed by atoms with E-state index in [1.165, 1.54) is 0 Å². The maximum Gasteiger partial charge on any atom is 0.0530 e. The molecule has 0 aromatic rings. The van der Waals surface area contributed by atoms with Gasteiger partial charge in [0.1, 0.15) is 0 Å². The van der Waals surface area contributed by atoms with Crippen molar-refractivity contribution in [3.8, 4) is 0 Å². The second-order valence-electron chi connectivity index (χ2n) is 1.28. The second-order valence-corrected chi connectivity index (χ2v) is 1.28. The van der Waals surface area contributed by atoms with Crippen LogP contribution in [0.1, 0.15) is 17.0 Å². The Kier molecular flexibility index (Phi) is 2.58. The van der Waals surface area contributed by atoms with E-state index in [9.17, 15) is 0 Å².